The molecular formula is C28H30N2O5. The van der Waals surface area contributed by atoms with E-state index in [1.165, 1.54) is 0 Å². The summed E-state index contributed by atoms with van der Waals surface area (Å²) in [5, 5.41) is 10.3. The molecule has 2 aromatic carbocycles. The number of hydrogen-bond donors (Lipinski definition) is 2. The molecule has 0 radical (unpaired) electrons. The molecule has 0 amide bonds. The summed E-state index contributed by atoms with van der Waals surface area (Å²) in [6, 6.07) is 15.7. The molecule has 4 rings (SSSR count). The van der Waals surface area contributed by atoms with Crippen LogP contribution in [0, 0.1) is 6.92 Å². The van der Waals surface area contributed by atoms with E-state index in [1.54, 1.807) is 13.1 Å². The highest BCUT2D eigenvalue weighted by Crippen LogP contribution is 2.34. The first kappa shape index (κ1) is 24.4. The van der Waals surface area contributed by atoms with Gasteiger partial charge in [-0.05, 0) is 66.9 Å². The minimum Gasteiger partial charge on any atom is -0.489 e. The van der Waals surface area contributed by atoms with E-state index >= 15 is 0 Å². The summed E-state index contributed by atoms with van der Waals surface area (Å²) in [6.07, 6.45) is 2.32. The second kappa shape index (κ2) is 11.2. The van der Waals surface area contributed by atoms with Gasteiger partial charge in [-0.25, -0.2) is 0 Å². The Labute approximate surface area is 204 Å². The highest BCUT2D eigenvalue weighted by Gasteiger charge is 2.15. The van der Waals surface area contributed by atoms with E-state index in [9.17, 15) is 9.90 Å². The molecule has 0 fully saturated rings. The van der Waals surface area contributed by atoms with Crippen molar-refractivity contribution in [3.8, 4) is 16.9 Å². The maximum Gasteiger partial charge on any atom is 0.310 e. The number of carbonyl (C=O) groups excluding carboxylic acids is 1. The molecule has 0 unspecified atom stereocenters. The minimum absolute atomic E-state index is 0.00824. The highest BCUT2D eigenvalue weighted by atomic mass is 16.5. The molecule has 0 saturated carbocycles. The molecule has 0 saturated heterocycles. The summed E-state index contributed by atoms with van der Waals surface area (Å²) >= 11 is 0. The topological polar surface area (TPSA) is 108 Å². The Bertz CT molecular complexity index is 1330. The molecule has 0 atom stereocenters. The lowest BCUT2D eigenvalue weighted by atomic mass is 10.0. The molecule has 2 aromatic heterocycles. The average molecular weight is 475 g/mol. The second-order valence-electron chi connectivity index (χ2n) is 8.37. The number of aryl methyl sites for hydroxylation is 1. The van der Waals surface area contributed by atoms with E-state index in [4.69, 9.17) is 19.6 Å². The Balaban J connectivity index is 1.69. The van der Waals surface area contributed by atoms with Gasteiger partial charge in [0.2, 0.25) is 0 Å². The molecule has 0 aliphatic carbocycles. The van der Waals surface area contributed by atoms with Gasteiger partial charge in [-0.15, -0.1) is 0 Å². The van der Waals surface area contributed by atoms with Crippen molar-refractivity contribution in [2.45, 2.75) is 39.8 Å². The maximum atomic E-state index is 12.1. The number of hydrogen-bond acceptors (Lipinski definition) is 7. The van der Waals surface area contributed by atoms with Gasteiger partial charge in [-0.1, -0.05) is 12.1 Å². The lowest BCUT2D eigenvalue weighted by Crippen LogP contribution is -2.09. The molecule has 0 aliphatic rings. The average Bonchev–Trinajstić information content (AvgIpc) is 3.26. The minimum atomic E-state index is -0.284. The number of benzene rings is 2. The van der Waals surface area contributed by atoms with Crippen LogP contribution in [0.2, 0.25) is 0 Å². The van der Waals surface area contributed by atoms with Crippen molar-refractivity contribution in [2.24, 2.45) is 5.73 Å². The van der Waals surface area contributed by atoms with E-state index in [2.05, 4.69) is 4.98 Å². The van der Waals surface area contributed by atoms with E-state index in [0.717, 1.165) is 44.5 Å². The smallest absolute Gasteiger partial charge is 0.310 e. The highest BCUT2D eigenvalue weighted by molar-refractivity contribution is 5.93. The number of furan rings is 1. The monoisotopic (exact) mass is 474 g/mol. The van der Waals surface area contributed by atoms with E-state index in [-0.39, 0.29) is 19.0 Å². The lowest BCUT2D eigenvalue weighted by molar-refractivity contribution is -0.142. The summed E-state index contributed by atoms with van der Waals surface area (Å²) in [5.41, 5.74) is 11.9. The van der Waals surface area contributed by atoms with Gasteiger partial charge < -0.3 is 24.7 Å². The number of nitrogens with two attached hydrogens (primary N) is 1. The zero-order chi connectivity index (χ0) is 24.8. The number of ether oxygens (including phenoxy) is 2. The standard InChI is InChI=1S/C28H30N2O5/c1-3-33-27(32)15-21-5-4-18(2)10-26(21)34-17-19-11-22-14-24(7-9-31)35-28(22)25(12-19)20-6-8-30-23(13-20)16-29/h4-6,8,10-14,31H,3,7,9,15-17,29H2,1-2H3. The first-order valence-electron chi connectivity index (χ1n) is 11.7. The van der Waals surface area contributed by atoms with Crippen molar-refractivity contribution in [1.82, 2.24) is 4.98 Å². The van der Waals surface area contributed by atoms with Crippen LogP contribution in [0.25, 0.3) is 22.1 Å². The normalized spacial score (nSPS) is 11.1. The van der Waals surface area contributed by atoms with Crippen LogP contribution < -0.4 is 10.5 Å². The summed E-state index contributed by atoms with van der Waals surface area (Å²) < 4.78 is 17.4. The number of aliphatic hydroxyl groups is 1. The quantitative estimate of drug-likeness (QED) is 0.326. The van der Waals surface area contributed by atoms with Crippen LogP contribution in [0.15, 0.2) is 59.1 Å². The number of carbonyl (C=O) groups is 1. The summed E-state index contributed by atoms with van der Waals surface area (Å²) in [5.74, 6) is 1.08. The first-order valence-corrected chi connectivity index (χ1v) is 11.7. The molecule has 0 bridgehead atoms. The third-order valence-electron chi connectivity index (χ3n) is 5.68. The molecule has 182 valence electrons. The van der Waals surface area contributed by atoms with Crippen molar-refractivity contribution in [2.75, 3.05) is 13.2 Å². The molecule has 4 aromatic rings. The van der Waals surface area contributed by atoms with Crippen LogP contribution in [0.4, 0.5) is 0 Å². The molecular weight excluding hydrogens is 444 g/mol. The van der Waals surface area contributed by atoms with Crippen LogP contribution in [0.5, 0.6) is 5.75 Å². The summed E-state index contributed by atoms with van der Waals surface area (Å²) in [6.45, 7) is 4.76. The number of aliphatic hydroxyl groups excluding tert-OH is 1. The number of fused-ring (bicyclic) bond motifs is 1. The van der Waals surface area contributed by atoms with Gasteiger partial charge in [0, 0.05) is 35.7 Å². The van der Waals surface area contributed by atoms with Gasteiger partial charge in [0.1, 0.15) is 23.7 Å². The third kappa shape index (κ3) is 5.88. The fraction of sp³-hybridized carbons (Fsp3) is 0.286. The Kier molecular flexibility index (Phi) is 7.80. The predicted molar refractivity (Wildman–Crippen MR) is 134 cm³/mol. The summed E-state index contributed by atoms with van der Waals surface area (Å²) in [7, 11) is 0. The molecule has 7 nitrogen and oxygen atoms in total. The van der Waals surface area contributed by atoms with Gasteiger partial charge in [-0.3, -0.25) is 9.78 Å². The molecule has 0 aliphatic heterocycles. The van der Waals surface area contributed by atoms with Crippen LogP contribution in [-0.4, -0.2) is 29.3 Å². The number of aromatic nitrogens is 1. The van der Waals surface area contributed by atoms with E-state index in [0.29, 0.717) is 37.7 Å². The van der Waals surface area contributed by atoms with Crippen molar-refractivity contribution >= 4 is 16.9 Å². The first-order chi connectivity index (χ1) is 17.0. The largest absolute Gasteiger partial charge is 0.489 e. The van der Waals surface area contributed by atoms with Crippen molar-refractivity contribution < 1.29 is 23.8 Å². The van der Waals surface area contributed by atoms with Crippen molar-refractivity contribution in [1.29, 1.82) is 0 Å². The van der Waals surface area contributed by atoms with Gasteiger partial charge in [-0.2, -0.15) is 0 Å². The predicted octanol–water partition coefficient (Wildman–Crippen LogP) is 4.48. The second-order valence-corrected chi connectivity index (χ2v) is 8.37. The molecule has 0 spiro atoms. The molecule has 2 heterocycles. The zero-order valence-corrected chi connectivity index (χ0v) is 20.0. The van der Waals surface area contributed by atoms with Gasteiger partial charge >= 0.3 is 5.97 Å². The van der Waals surface area contributed by atoms with Crippen molar-refractivity contribution in [3.63, 3.8) is 0 Å². The molecule has 35 heavy (non-hydrogen) atoms. The van der Waals surface area contributed by atoms with Crippen LogP contribution >= 0.6 is 0 Å². The fourth-order valence-electron chi connectivity index (χ4n) is 4.03. The Morgan fingerprint density at radius 2 is 2.00 bits per heavy atom. The van der Waals surface area contributed by atoms with Gasteiger partial charge in [0.25, 0.3) is 0 Å². The molecule has 3 N–H and O–H groups in total. The van der Waals surface area contributed by atoms with E-state index in [1.807, 2.05) is 55.5 Å². The fourth-order valence-corrected chi connectivity index (χ4v) is 4.03. The maximum absolute atomic E-state index is 12.1. The SMILES string of the molecule is CCOC(=O)Cc1ccc(C)cc1OCc1cc(-c2ccnc(CN)c2)c2oc(CCO)cc2c1. The number of rotatable bonds is 10. The Morgan fingerprint density at radius 3 is 2.77 bits per heavy atom. The Morgan fingerprint density at radius 1 is 1.14 bits per heavy atom. The van der Waals surface area contributed by atoms with Crippen LogP contribution in [0.1, 0.15) is 35.1 Å². The summed E-state index contributed by atoms with van der Waals surface area (Å²) in [4.78, 5) is 16.4. The number of esters is 1. The van der Waals surface area contributed by atoms with E-state index < -0.39 is 0 Å². The van der Waals surface area contributed by atoms with Gasteiger partial charge in [0.15, 0.2) is 0 Å². The third-order valence-corrected chi connectivity index (χ3v) is 5.68. The molecule has 7 heteroatoms. The zero-order valence-electron chi connectivity index (χ0n) is 20.0. The lowest BCUT2D eigenvalue weighted by Gasteiger charge is -2.13. The number of nitrogens with zero attached hydrogens (tertiary/aromatic N) is 1. The van der Waals surface area contributed by atoms with Crippen LogP contribution in [0.3, 0.4) is 0 Å². The Hall–Kier alpha value is -3.68. The van der Waals surface area contributed by atoms with Crippen molar-refractivity contribution in [3.05, 3.63) is 82.9 Å². The van der Waals surface area contributed by atoms with Gasteiger partial charge in [0.05, 0.1) is 25.3 Å². The number of pyridine rings is 1. The van der Waals surface area contributed by atoms with Crippen LogP contribution in [-0.2, 0) is 35.5 Å².